The second-order valence-corrected chi connectivity index (χ2v) is 3.33. The quantitative estimate of drug-likeness (QED) is 0.822. The summed E-state index contributed by atoms with van der Waals surface area (Å²) in [4.78, 5) is 0. The Kier molecular flexibility index (Phi) is 3.11. The first-order valence-corrected chi connectivity index (χ1v) is 4.17. The molecule has 0 amide bonds. The third-order valence-electron chi connectivity index (χ3n) is 1.52. The molecule has 1 nitrogen and oxygen atoms in total. The monoisotopic (exact) mass is 226 g/mol. The molecule has 0 aliphatic heterocycles. The average Bonchev–Trinajstić information content (AvgIpc) is 2.03. The molecular weight excluding hydrogens is 221 g/mol. The van der Waals surface area contributed by atoms with E-state index in [0.29, 0.717) is 0 Å². The van der Waals surface area contributed by atoms with Crippen molar-refractivity contribution >= 4 is 23.2 Å². The summed E-state index contributed by atoms with van der Waals surface area (Å²) in [7, 11) is 0. The molecule has 0 spiro atoms. The van der Waals surface area contributed by atoms with Crippen LogP contribution >= 0.6 is 23.2 Å². The van der Waals surface area contributed by atoms with Gasteiger partial charge in [0, 0.05) is 10.6 Å². The van der Waals surface area contributed by atoms with Crippen LogP contribution in [0, 0.1) is 0 Å². The van der Waals surface area contributed by atoms with Crippen molar-refractivity contribution < 1.29 is 13.9 Å². The molecule has 13 heavy (non-hydrogen) atoms. The van der Waals surface area contributed by atoms with E-state index in [1.807, 2.05) is 0 Å². The Bertz CT molecular complexity index is 315. The maximum Gasteiger partial charge on any atom is 0.297 e. The molecule has 0 fully saturated rings. The minimum Gasteiger partial charge on any atom is -0.390 e. The first kappa shape index (κ1) is 10.7. The summed E-state index contributed by atoms with van der Waals surface area (Å²) in [5.41, 5.74) is -0.416. The van der Waals surface area contributed by atoms with E-state index in [0.717, 1.165) is 6.07 Å². The first-order valence-electron chi connectivity index (χ1n) is 3.41. The van der Waals surface area contributed by atoms with E-state index in [1.54, 1.807) is 0 Å². The molecule has 72 valence electrons. The number of alkyl halides is 2. The topological polar surface area (TPSA) is 20.2 Å². The van der Waals surface area contributed by atoms with E-state index < -0.39 is 18.1 Å². The molecule has 0 heterocycles. The van der Waals surface area contributed by atoms with E-state index in [9.17, 15) is 8.78 Å². The summed E-state index contributed by atoms with van der Waals surface area (Å²) < 4.78 is 25.8. The highest BCUT2D eigenvalue weighted by atomic mass is 35.5. The normalized spacial score (nSPS) is 11.8. The highest BCUT2D eigenvalue weighted by molar-refractivity contribution is 6.35. The van der Waals surface area contributed by atoms with Gasteiger partial charge in [-0.2, -0.15) is 8.78 Å². The Labute approximate surface area is 83.9 Å². The lowest BCUT2D eigenvalue weighted by Crippen LogP contribution is -2.18. The van der Waals surface area contributed by atoms with Gasteiger partial charge in [-0.15, -0.1) is 0 Å². The van der Waals surface area contributed by atoms with Crippen molar-refractivity contribution in [1.29, 1.82) is 0 Å². The van der Waals surface area contributed by atoms with Gasteiger partial charge in [-0.1, -0.05) is 23.2 Å². The van der Waals surface area contributed by atoms with Crippen molar-refractivity contribution in [1.82, 2.24) is 0 Å². The fourth-order valence-corrected chi connectivity index (χ4v) is 1.42. The summed E-state index contributed by atoms with van der Waals surface area (Å²) in [6.07, 6.45) is 0. The minimum atomic E-state index is -3.32. The Morgan fingerprint density at radius 1 is 1.31 bits per heavy atom. The molecule has 0 aliphatic carbocycles. The van der Waals surface area contributed by atoms with E-state index in [2.05, 4.69) is 0 Å². The molecule has 0 atom stereocenters. The maximum absolute atomic E-state index is 12.9. The van der Waals surface area contributed by atoms with Gasteiger partial charge in [0.05, 0.1) is 5.02 Å². The van der Waals surface area contributed by atoms with Crippen molar-refractivity contribution in [2.24, 2.45) is 0 Å². The number of benzene rings is 1. The lowest BCUT2D eigenvalue weighted by Gasteiger charge is -2.14. The molecule has 1 rings (SSSR count). The minimum absolute atomic E-state index is 0.147. The van der Waals surface area contributed by atoms with E-state index in [4.69, 9.17) is 28.3 Å². The van der Waals surface area contributed by atoms with Crippen LogP contribution in [0.3, 0.4) is 0 Å². The number of hydrogen-bond donors (Lipinski definition) is 1. The van der Waals surface area contributed by atoms with Gasteiger partial charge in [0.2, 0.25) is 0 Å². The van der Waals surface area contributed by atoms with Crippen LogP contribution in [-0.4, -0.2) is 11.7 Å². The standard InChI is InChI=1S/C8H6Cl2F2O/c9-5-1-2-6(7(10)3-5)8(11,12)4-13/h1-3,13H,4H2. The molecule has 0 saturated heterocycles. The number of aliphatic hydroxyl groups is 1. The fraction of sp³-hybridized carbons (Fsp3) is 0.250. The molecule has 1 aromatic carbocycles. The number of hydrogen-bond acceptors (Lipinski definition) is 1. The van der Waals surface area contributed by atoms with Crippen molar-refractivity contribution in [3.8, 4) is 0 Å². The van der Waals surface area contributed by atoms with Gasteiger partial charge in [0.25, 0.3) is 5.92 Å². The van der Waals surface area contributed by atoms with Gasteiger partial charge in [-0.3, -0.25) is 0 Å². The second-order valence-electron chi connectivity index (χ2n) is 2.49. The van der Waals surface area contributed by atoms with Gasteiger partial charge >= 0.3 is 0 Å². The van der Waals surface area contributed by atoms with E-state index in [-0.39, 0.29) is 10.0 Å². The third-order valence-corrected chi connectivity index (χ3v) is 2.07. The first-order chi connectivity index (χ1) is 5.97. The van der Waals surface area contributed by atoms with Crippen molar-refractivity contribution in [2.45, 2.75) is 5.92 Å². The molecule has 0 unspecified atom stereocenters. The van der Waals surface area contributed by atoms with Crippen LogP contribution in [0.1, 0.15) is 5.56 Å². The predicted molar refractivity (Wildman–Crippen MR) is 47.4 cm³/mol. The van der Waals surface area contributed by atoms with Crippen LogP contribution < -0.4 is 0 Å². The van der Waals surface area contributed by atoms with E-state index >= 15 is 0 Å². The lowest BCUT2D eigenvalue weighted by molar-refractivity contribution is -0.0555. The number of rotatable bonds is 2. The van der Waals surface area contributed by atoms with E-state index in [1.165, 1.54) is 12.1 Å². The molecule has 1 aromatic rings. The predicted octanol–water partition coefficient (Wildman–Crippen LogP) is 3.08. The van der Waals surface area contributed by atoms with Crippen molar-refractivity contribution in [3.63, 3.8) is 0 Å². The fourth-order valence-electron chi connectivity index (χ4n) is 0.871. The van der Waals surface area contributed by atoms with Gasteiger partial charge in [-0.25, -0.2) is 0 Å². The molecule has 0 saturated carbocycles. The van der Waals surface area contributed by atoms with Crippen molar-refractivity contribution in [2.75, 3.05) is 6.61 Å². The van der Waals surface area contributed by atoms with Crippen molar-refractivity contribution in [3.05, 3.63) is 33.8 Å². The zero-order valence-corrected chi connectivity index (χ0v) is 7.91. The molecule has 0 aromatic heterocycles. The zero-order valence-electron chi connectivity index (χ0n) is 6.40. The molecule has 0 bridgehead atoms. The summed E-state index contributed by atoms with van der Waals surface area (Å²) in [6, 6.07) is 3.61. The van der Waals surface area contributed by atoms with Gasteiger partial charge in [-0.05, 0) is 18.2 Å². The smallest absolute Gasteiger partial charge is 0.297 e. The van der Waals surface area contributed by atoms with Crippen LogP contribution in [0.4, 0.5) is 8.78 Å². The summed E-state index contributed by atoms with van der Waals surface area (Å²) in [6.45, 7) is -1.27. The second kappa shape index (κ2) is 3.78. The lowest BCUT2D eigenvalue weighted by atomic mass is 10.1. The maximum atomic E-state index is 12.9. The zero-order chi connectivity index (χ0) is 10.1. The summed E-state index contributed by atoms with van der Waals surface area (Å²) in [5.74, 6) is -3.32. The summed E-state index contributed by atoms with van der Waals surface area (Å²) in [5, 5.41) is 8.53. The van der Waals surface area contributed by atoms with Gasteiger partial charge in [0.1, 0.15) is 6.61 Å². The summed E-state index contributed by atoms with van der Waals surface area (Å²) >= 11 is 11.0. The van der Waals surface area contributed by atoms with Gasteiger partial charge < -0.3 is 5.11 Å². The van der Waals surface area contributed by atoms with Crippen LogP contribution in [0.2, 0.25) is 10.0 Å². The van der Waals surface area contributed by atoms with Crippen LogP contribution in [0.15, 0.2) is 18.2 Å². The Morgan fingerprint density at radius 3 is 2.38 bits per heavy atom. The van der Waals surface area contributed by atoms with Crippen LogP contribution in [0.5, 0.6) is 0 Å². The molecule has 0 radical (unpaired) electrons. The molecule has 1 N–H and O–H groups in total. The highest BCUT2D eigenvalue weighted by Gasteiger charge is 2.32. The molecular formula is C8H6Cl2F2O. The third kappa shape index (κ3) is 2.30. The van der Waals surface area contributed by atoms with Crippen LogP contribution in [-0.2, 0) is 5.92 Å². The highest BCUT2D eigenvalue weighted by Crippen LogP contribution is 2.34. The van der Waals surface area contributed by atoms with Gasteiger partial charge in [0.15, 0.2) is 0 Å². The molecule has 0 aliphatic rings. The largest absolute Gasteiger partial charge is 0.390 e. The number of aliphatic hydroxyl groups excluding tert-OH is 1. The van der Waals surface area contributed by atoms with Crippen LogP contribution in [0.25, 0.3) is 0 Å². The SMILES string of the molecule is OCC(F)(F)c1ccc(Cl)cc1Cl. The Hall–Kier alpha value is -0.380. The Morgan fingerprint density at radius 2 is 1.92 bits per heavy atom. The molecule has 5 heteroatoms. The average molecular weight is 227 g/mol. The Balaban J connectivity index is 3.16. The number of halogens is 4.